The SMILES string of the molecule is Cc1ccc(S(=O)(=O)N2CCCCC2CCNC(=O)CCc2ccccc2)cc1. The molecule has 1 heterocycles. The number of aryl methyl sites for hydroxylation is 2. The van der Waals surface area contributed by atoms with E-state index in [1.54, 1.807) is 16.4 Å². The highest BCUT2D eigenvalue weighted by atomic mass is 32.2. The number of carbonyl (C=O) groups is 1. The van der Waals surface area contributed by atoms with Gasteiger partial charge in [0.1, 0.15) is 0 Å². The van der Waals surface area contributed by atoms with Gasteiger partial charge in [0.15, 0.2) is 0 Å². The van der Waals surface area contributed by atoms with Gasteiger partial charge in [-0.05, 0) is 50.3 Å². The number of amides is 1. The van der Waals surface area contributed by atoms with Gasteiger partial charge in [0.25, 0.3) is 0 Å². The fourth-order valence-electron chi connectivity index (χ4n) is 3.79. The summed E-state index contributed by atoms with van der Waals surface area (Å²) < 4.78 is 27.8. The molecule has 0 saturated carbocycles. The molecular formula is C23H30N2O3S. The quantitative estimate of drug-likeness (QED) is 0.717. The van der Waals surface area contributed by atoms with Crippen molar-refractivity contribution in [2.75, 3.05) is 13.1 Å². The van der Waals surface area contributed by atoms with Crippen molar-refractivity contribution < 1.29 is 13.2 Å². The number of nitrogens with zero attached hydrogens (tertiary/aromatic N) is 1. The first kappa shape index (κ1) is 21.5. The van der Waals surface area contributed by atoms with Crippen LogP contribution < -0.4 is 5.32 Å². The van der Waals surface area contributed by atoms with Crippen LogP contribution in [0, 0.1) is 6.92 Å². The molecule has 3 rings (SSSR count). The van der Waals surface area contributed by atoms with Gasteiger partial charge in [0, 0.05) is 25.6 Å². The first-order valence-corrected chi connectivity index (χ1v) is 11.8. The Hall–Kier alpha value is -2.18. The van der Waals surface area contributed by atoms with E-state index in [0.29, 0.717) is 37.2 Å². The summed E-state index contributed by atoms with van der Waals surface area (Å²) in [4.78, 5) is 12.5. The molecule has 0 bridgehead atoms. The van der Waals surface area contributed by atoms with Crippen molar-refractivity contribution >= 4 is 15.9 Å². The average Bonchev–Trinajstić information content (AvgIpc) is 2.73. The van der Waals surface area contributed by atoms with Gasteiger partial charge in [-0.15, -0.1) is 0 Å². The van der Waals surface area contributed by atoms with E-state index in [-0.39, 0.29) is 11.9 Å². The van der Waals surface area contributed by atoms with Crippen molar-refractivity contribution in [1.82, 2.24) is 9.62 Å². The number of carbonyl (C=O) groups excluding carboxylic acids is 1. The van der Waals surface area contributed by atoms with Crippen molar-refractivity contribution in [3.05, 3.63) is 65.7 Å². The van der Waals surface area contributed by atoms with E-state index in [9.17, 15) is 13.2 Å². The summed E-state index contributed by atoms with van der Waals surface area (Å²) >= 11 is 0. The Morgan fingerprint density at radius 1 is 1.07 bits per heavy atom. The van der Waals surface area contributed by atoms with Crippen LogP contribution in [0.15, 0.2) is 59.5 Å². The van der Waals surface area contributed by atoms with Crippen LogP contribution in [0.5, 0.6) is 0 Å². The summed E-state index contributed by atoms with van der Waals surface area (Å²) in [5.41, 5.74) is 2.18. The molecule has 1 aliphatic rings. The zero-order valence-electron chi connectivity index (χ0n) is 17.0. The zero-order chi connectivity index (χ0) is 20.7. The van der Waals surface area contributed by atoms with Crippen molar-refractivity contribution in [1.29, 1.82) is 0 Å². The molecule has 0 aliphatic carbocycles. The number of nitrogens with one attached hydrogen (secondary N) is 1. The monoisotopic (exact) mass is 414 g/mol. The van der Waals surface area contributed by atoms with Crippen LogP contribution in [0.4, 0.5) is 0 Å². The molecular weight excluding hydrogens is 384 g/mol. The van der Waals surface area contributed by atoms with Crippen molar-refractivity contribution in [3.8, 4) is 0 Å². The van der Waals surface area contributed by atoms with Gasteiger partial charge in [-0.2, -0.15) is 4.31 Å². The van der Waals surface area contributed by atoms with E-state index in [1.807, 2.05) is 49.4 Å². The van der Waals surface area contributed by atoms with Crippen molar-refractivity contribution in [3.63, 3.8) is 0 Å². The third-order valence-corrected chi connectivity index (χ3v) is 7.45. The lowest BCUT2D eigenvalue weighted by Crippen LogP contribution is -2.45. The summed E-state index contributed by atoms with van der Waals surface area (Å²) in [5, 5.41) is 2.96. The minimum Gasteiger partial charge on any atom is -0.356 e. The lowest BCUT2D eigenvalue weighted by Gasteiger charge is -2.34. The molecule has 1 fully saturated rings. The predicted octanol–water partition coefficient (Wildman–Crippen LogP) is 3.68. The molecule has 0 spiro atoms. The van der Waals surface area contributed by atoms with E-state index >= 15 is 0 Å². The van der Waals surface area contributed by atoms with Gasteiger partial charge < -0.3 is 5.32 Å². The third-order valence-electron chi connectivity index (χ3n) is 5.48. The smallest absolute Gasteiger partial charge is 0.243 e. The molecule has 1 unspecified atom stereocenters. The van der Waals surface area contributed by atoms with Gasteiger partial charge in [-0.1, -0.05) is 54.4 Å². The van der Waals surface area contributed by atoms with E-state index in [0.717, 1.165) is 30.4 Å². The molecule has 5 nitrogen and oxygen atoms in total. The number of piperidine rings is 1. The summed E-state index contributed by atoms with van der Waals surface area (Å²) in [6.07, 6.45) is 4.54. The summed E-state index contributed by atoms with van der Waals surface area (Å²) in [7, 11) is -3.50. The maximum Gasteiger partial charge on any atom is 0.243 e. The summed E-state index contributed by atoms with van der Waals surface area (Å²) in [6, 6.07) is 16.9. The molecule has 156 valence electrons. The Kier molecular flexibility index (Phi) is 7.45. The third kappa shape index (κ3) is 5.90. The van der Waals surface area contributed by atoms with Gasteiger partial charge in [-0.3, -0.25) is 4.79 Å². The van der Waals surface area contributed by atoms with E-state index in [2.05, 4.69) is 5.32 Å². The topological polar surface area (TPSA) is 66.5 Å². The molecule has 29 heavy (non-hydrogen) atoms. The van der Waals surface area contributed by atoms with Crippen LogP contribution in [0.25, 0.3) is 0 Å². The number of sulfonamides is 1. The second-order valence-corrected chi connectivity index (χ2v) is 9.59. The Bertz CT molecular complexity index is 895. The molecule has 1 aliphatic heterocycles. The second kappa shape index (κ2) is 10.0. The first-order chi connectivity index (χ1) is 14.0. The van der Waals surface area contributed by atoms with Gasteiger partial charge in [-0.25, -0.2) is 8.42 Å². The van der Waals surface area contributed by atoms with Gasteiger partial charge in [0.05, 0.1) is 4.90 Å². The zero-order valence-corrected chi connectivity index (χ0v) is 17.8. The van der Waals surface area contributed by atoms with Crippen LogP contribution in [-0.4, -0.2) is 37.8 Å². The van der Waals surface area contributed by atoms with E-state index in [4.69, 9.17) is 0 Å². The Labute approximate surface area is 174 Å². The highest BCUT2D eigenvalue weighted by Crippen LogP contribution is 2.27. The molecule has 1 saturated heterocycles. The largest absolute Gasteiger partial charge is 0.356 e. The molecule has 2 aromatic carbocycles. The number of hydrogen-bond donors (Lipinski definition) is 1. The molecule has 2 aromatic rings. The van der Waals surface area contributed by atoms with E-state index in [1.165, 1.54) is 0 Å². The second-order valence-electron chi connectivity index (χ2n) is 7.70. The molecule has 0 radical (unpaired) electrons. The molecule has 6 heteroatoms. The number of rotatable bonds is 8. The van der Waals surface area contributed by atoms with Gasteiger partial charge in [0.2, 0.25) is 15.9 Å². The highest BCUT2D eigenvalue weighted by Gasteiger charge is 2.33. The van der Waals surface area contributed by atoms with Crippen LogP contribution in [-0.2, 0) is 21.2 Å². The standard InChI is InChI=1S/C23H30N2O3S/c1-19-10-13-22(14-11-19)29(27,28)25-18-6-5-9-21(25)16-17-24-23(26)15-12-20-7-3-2-4-8-20/h2-4,7-8,10-11,13-14,21H,5-6,9,12,15-18H2,1H3,(H,24,26). The molecule has 1 atom stereocenters. The first-order valence-electron chi connectivity index (χ1n) is 10.4. The Balaban J connectivity index is 1.53. The Morgan fingerprint density at radius 3 is 2.52 bits per heavy atom. The summed E-state index contributed by atoms with van der Waals surface area (Å²) in [6.45, 7) is 2.99. The fourth-order valence-corrected chi connectivity index (χ4v) is 5.52. The van der Waals surface area contributed by atoms with Crippen molar-refractivity contribution in [2.45, 2.75) is 56.4 Å². The van der Waals surface area contributed by atoms with Crippen LogP contribution in [0.3, 0.4) is 0 Å². The minimum atomic E-state index is -3.50. The summed E-state index contributed by atoms with van der Waals surface area (Å²) in [5.74, 6) is 0.0117. The lowest BCUT2D eigenvalue weighted by molar-refractivity contribution is -0.121. The molecule has 0 aromatic heterocycles. The Morgan fingerprint density at radius 2 is 1.79 bits per heavy atom. The lowest BCUT2D eigenvalue weighted by atomic mass is 10.0. The minimum absolute atomic E-state index is 0.0117. The number of benzene rings is 2. The van der Waals surface area contributed by atoms with Crippen LogP contribution >= 0.6 is 0 Å². The number of hydrogen-bond acceptors (Lipinski definition) is 3. The predicted molar refractivity (Wildman–Crippen MR) is 115 cm³/mol. The fraction of sp³-hybridized carbons (Fsp3) is 0.435. The van der Waals surface area contributed by atoms with E-state index < -0.39 is 10.0 Å². The molecule has 1 amide bonds. The average molecular weight is 415 g/mol. The van der Waals surface area contributed by atoms with Gasteiger partial charge >= 0.3 is 0 Å². The molecule has 1 N–H and O–H groups in total. The van der Waals surface area contributed by atoms with Crippen LogP contribution in [0.2, 0.25) is 0 Å². The maximum absolute atomic E-state index is 13.1. The highest BCUT2D eigenvalue weighted by molar-refractivity contribution is 7.89. The van der Waals surface area contributed by atoms with Crippen molar-refractivity contribution in [2.24, 2.45) is 0 Å². The maximum atomic E-state index is 13.1. The normalized spacial score (nSPS) is 17.8. The van der Waals surface area contributed by atoms with Crippen LogP contribution in [0.1, 0.15) is 43.2 Å².